The normalized spacial score (nSPS) is 43.2. The maximum atomic E-state index is 13.6. The average molecular weight is 395 g/mol. The molecule has 4 fully saturated rings. The highest BCUT2D eigenvalue weighted by atomic mass is 16.1. The first-order valence-corrected chi connectivity index (χ1v) is 12.2. The number of rotatable bonds is 2. The summed E-state index contributed by atoms with van der Waals surface area (Å²) in [6.45, 7) is 9.97. The molecule has 0 saturated heterocycles. The van der Waals surface area contributed by atoms with Crippen LogP contribution in [0, 0.1) is 41.4 Å². The third-order valence-electron chi connectivity index (χ3n) is 9.86. The van der Waals surface area contributed by atoms with E-state index < -0.39 is 0 Å². The van der Waals surface area contributed by atoms with E-state index in [2.05, 4.69) is 45.1 Å². The number of hydrogen-bond donors (Lipinski definition) is 0. The third-order valence-corrected chi connectivity index (χ3v) is 9.86. The van der Waals surface area contributed by atoms with Crippen LogP contribution in [0.2, 0.25) is 0 Å². The number of carbonyl (C=O) groups excluding carboxylic acids is 1. The maximum Gasteiger partial charge on any atom is 0.165 e. The zero-order valence-corrected chi connectivity index (χ0v) is 18.8. The van der Waals surface area contributed by atoms with Crippen LogP contribution in [-0.2, 0) is 11.3 Å². The second-order valence-corrected chi connectivity index (χ2v) is 11.1. The summed E-state index contributed by atoms with van der Waals surface area (Å²) in [6.07, 6.45) is 16.2. The predicted molar refractivity (Wildman–Crippen MR) is 117 cm³/mol. The predicted octanol–water partition coefficient (Wildman–Crippen LogP) is 6.21. The van der Waals surface area contributed by atoms with E-state index in [9.17, 15) is 4.79 Å². The van der Waals surface area contributed by atoms with Gasteiger partial charge in [-0.05, 0) is 99.5 Å². The smallest absolute Gasteiger partial charge is 0.165 e. The lowest BCUT2D eigenvalue weighted by Crippen LogP contribution is -2.52. The van der Waals surface area contributed by atoms with E-state index in [0.717, 1.165) is 54.0 Å². The van der Waals surface area contributed by atoms with Crippen LogP contribution in [0.15, 0.2) is 11.8 Å². The van der Waals surface area contributed by atoms with Crippen LogP contribution < -0.4 is 0 Å². The van der Waals surface area contributed by atoms with Gasteiger partial charge >= 0.3 is 0 Å². The van der Waals surface area contributed by atoms with Gasteiger partial charge in [0.1, 0.15) is 0 Å². The second-order valence-electron chi connectivity index (χ2n) is 11.1. The van der Waals surface area contributed by atoms with Gasteiger partial charge in [-0.25, -0.2) is 0 Å². The van der Waals surface area contributed by atoms with E-state index in [1.807, 2.05) is 4.68 Å². The molecule has 158 valence electrons. The number of nitrogens with zero attached hydrogens (tertiary/aromatic N) is 2. The number of aromatic nitrogens is 2. The van der Waals surface area contributed by atoms with E-state index in [-0.39, 0.29) is 5.41 Å². The molecule has 1 aromatic rings. The fourth-order valence-corrected chi connectivity index (χ4v) is 8.12. The molecule has 3 heteroatoms. The van der Waals surface area contributed by atoms with Crippen LogP contribution in [0.4, 0.5) is 0 Å². The summed E-state index contributed by atoms with van der Waals surface area (Å²) in [4.78, 5) is 13.6. The molecule has 0 aliphatic heterocycles. The first-order valence-electron chi connectivity index (χ1n) is 12.2. The molecule has 0 spiro atoms. The Morgan fingerprint density at radius 1 is 1.14 bits per heavy atom. The lowest BCUT2D eigenvalue weighted by molar-refractivity contribution is -0.137. The standard InChI is InChI=1S/C26H38N2O/c1-5-28-16-19(17(2)27-28)14-18-15-23-21-10-9-20-8-6-7-12-25(20,3)22(21)11-13-26(23,4)24(18)29/h14,16,20-23H,5-13,15H2,1-4H3/b18-14-/t20-,21+,22-,23-,25-,26-/m0/s1. The molecule has 5 rings (SSSR count). The number of Topliss-reactive ketones (excluding diaryl/α,β-unsaturated/α-hetero) is 1. The lowest BCUT2D eigenvalue weighted by Gasteiger charge is -2.59. The van der Waals surface area contributed by atoms with Gasteiger partial charge in [0, 0.05) is 23.7 Å². The molecule has 0 bridgehead atoms. The fourth-order valence-electron chi connectivity index (χ4n) is 8.12. The van der Waals surface area contributed by atoms with E-state index >= 15 is 0 Å². The van der Waals surface area contributed by atoms with E-state index in [1.54, 1.807) is 0 Å². The summed E-state index contributed by atoms with van der Waals surface area (Å²) >= 11 is 0. The van der Waals surface area contributed by atoms with Crippen LogP contribution in [0.25, 0.3) is 6.08 Å². The Morgan fingerprint density at radius 2 is 1.97 bits per heavy atom. The number of carbonyl (C=O) groups is 1. The first-order chi connectivity index (χ1) is 13.9. The molecule has 0 amide bonds. The minimum absolute atomic E-state index is 0.125. The largest absolute Gasteiger partial charge is 0.294 e. The molecule has 1 heterocycles. The van der Waals surface area contributed by atoms with Crippen molar-refractivity contribution in [2.75, 3.05) is 0 Å². The van der Waals surface area contributed by atoms with Crippen molar-refractivity contribution < 1.29 is 4.79 Å². The van der Waals surface area contributed by atoms with E-state index in [1.165, 1.54) is 44.9 Å². The maximum absolute atomic E-state index is 13.6. The fraction of sp³-hybridized carbons (Fsp3) is 0.769. The van der Waals surface area contributed by atoms with Gasteiger partial charge in [0.25, 0.3) is 0 Å². The van der Waals surface area contributed by atoms with Gasteiger partial charge in [0.05, 0.1) is 5.69 Å². The van der Waals surface area contributed by atoms with Crippen molar-refractivity contribution in [2.45, 2.75) is 92.0 Å². The molecule has 0 N–H and O–H groups in total. The van der Waals surface area contributed by atoms with Crippen molar-refractivity contribution in [3.05, 3.63) is 23.0 Å². The second kappa shape index (κ2) is 6.82. The molecule has 4 aliphatic carbocycles. The van der Waals surface area contributed by atoms with Crippen LogP contribution in [0.3, 0.4) is 0 Å². The molecule has 1 aromatic heterocycles. The van der Waals surface area contributed by atoms with Crippen LogP contribution in [0.5, 0.6) is 0 Å². The average Bonchev–Trinajstić information content (AvgIpc) is 3.19. The van der Waals surface area contributed by atoms with Crippen molar-refractivity contribution in [1.82, 2.24) is 9.78 Å². The monoisotopic (exact) mass is 394 g/mol. The number of fused-ring (bicyclic) bond motifs is 5. The topological polar surface area (TPSA) is 34.9 Å². The Kier molecular flexibility index (Phi) is 4.60. The highest BCUT2D eigenvalue weighted by Crippen LogP contribution is 2.66. The van der Waals surface area contributed by atoms with E-state index in [4.69, 9.17) is 0 Å². The van der Waals surface area contributed by atoms with Crippen molar-refractivity contribution in [3.63, 3.8) is 0 Å². The van der Waals surface area contributed by atoms with Gasteiger partial charge in [0.15, 0.2) is 5.78 Å². The van der Waals surface area contributed by atoms with Crippen LogP contribution >= 0.6 is 0 Å². The minimum atomic E-state index is -0.125. The van der Waals surface area contributed by atoms with Gasteiger partial charge in [-0.15, -0.1) is 0 Å². The molecular weight excluding hydrogens is 356 g/mol. The minimum Gasteiger partial charge on any atom is -0.294 e. The molecule has 0 radical (unpaired) electrons. The Morgan fingerprint density at radius 3 is 2.72 bits per heavy atom. The van der Waals surface area contributed by atoms with Crippen LogP contribution in [0.1, 0.15) is 89.8 Å². The summed E-state index contributed by atoms with van der Waals surface area (Å²) in [5.41, 5.74) is 3.67. The lowest BCUT2D eigenvalue weighted by atomic mass is 9.45. The zero-order chi connectivity index (χ0) is 20.4. The van der Waals surface area contributed by atoms with Crippen molar-refractivity contribution in [3.8, 4) is 0 Å². The zero-order valence-electron chi connectivity index (χ0n) is 18.8. The number of ketones is 1. The molecule has 3 nitrogen and oxygen atoms in total. The van der Waals surface area contributed by atoms with Gasteiger partial charge in [0.2, 0.25) is 0 Å². The van der Waals surface area contributed by atoms with Crippen molar-refractivity contribution >= 4 is 11.9 Å². The van der Waals surface area contributed by atoms with Gasteiger partial charge < -0.3 is 0 Å². The summed E-state index contributed by atoms with van der Waals surface area (Å²) < 4.78 is 1.98. The summed E-state index contributed by atoms with van der Waals surface area (Å²) in [5.74, 6) is 3.54. The van der Waals surface area contributed by atoms with Crippen molar-refractivity contribution in [2.24, 2.45) is 34.5 Å². The van der Waals surface area contributed by atoms with Gasteiger partial charge in [-0.2, -0.15) is 5.10 Å². The van der Waals surface area contributed by atoms with Gasteiger partial charge in [-0.1, -0.05) is 26.7 Å². The molecule has 4 aliphatic rings. The third kappa shape index (κ3) is 2.82. The Hall–Kier alpha value is -1.38. The van der Waals surface area contributed by atoms with Crippen molar-refractivity contribution in [1.29, 1.82) is 0 Å². The highest BCUT2D eigenvalue weighted by molar-refractivity contribution is 6.06. The Balaban J connectivity index is 1.46. The summed E-state index contributed by atoms with van der Waals surface area (Å²) in [7, 11) is 0. The molecule has 4 saturated carbocycles. The molecule has 29 heavy (non-hydrogen) atoms. The highest BCUT2D eigenvalue weighted by Gasteiger charge is 2.60. The number of hydrogen-bond acceptors (Lipinski definition) is 2. The molecule has 0 aromatic carbocycles. The van der Waals surface area contributed by atoms with E-state index in [0.29, 0.717) is 17.1 Å². The Labute approximate surface area is 176 Å². The number of allylic oxidation sites excluding steroid dienone is 1. The molecule has 0 unspecified atom stereocenters. The quantitative estimate of drug-likeness (QED) is 0.559. The summed E-state index contributed by atoms with van der Waals surface area (Å²) in [6, 6.07) is 0. The first kappa shape index (κ1) is 19.6. The van der Waals surface area contributed by atoms with Crippen LogP contribution in [-0.4, -0.2) is 15.6 Å². The number of aryl methyl sites for hydroxylation is 2. The van der Waals surface area contributed by atoms with Gasteiger partial charge in [-0.3, -0.25) is 9.48 Å². The molecular formula is C26H38N2O. The molecule has 6 atom stereocenters. The SMILES string of the molecule is CCn1cc(/C=C2/C[C@H]3[C@@H]4CC[C@@H]5CCCC[C@]5(C)[C@H]4CC[C@]3(C)C2=O)c(C)n1. The Bertz CT molecular complexity index is 851. The summed E-state index contributed by atoms with van der Waals surface area (Å²) in [5, 5.41) is 4.58.